The van der Waals surface area contributed by atoms with Crippen LogP contribution in [0.25, 0.3) is 43.1 Å². The molecule has 0 unspecified atom stereocenters. The van der Waals surface area contributed by atoms with Gasteiger partial charge in [0.05, 0.1) is 19.8 Å². The first kappa shape index (κ1) is 25.5. The van der Waals surface area contributed by atoms with Crippen molar-refractivity contribution in [3.63, 3.8) is 0 Å². The Bertz CT molecular complexity index is 1710. The van der Waals surface area contributed by atoms with Crippen molar-refractivity contribution in [2.24, 2.45) is 17.8 Å². The van der Waals surface area contributed by atoms with Gasteiger partial charge in [-0.3, -0.25) is 0 Å². The van der Waals surface area contributed by atoms with Crippen LogP contribution in [0.15, 0.2) is 66.7 Å². The van der Waals surface area contributed by atoms with Gasteiger partial charge in [-0.1, -0.05) is 69.7 Å². The summed E-state index contributed by atoms with van der Waals surface area (Å²) in [5.74, 6) is 2.76. The molecule has 200 valence electrons. The standard InChI is InChI=1S/C35H36O4/c1-20(2)28-15-6-21(3)16-30(28)39-35(36)26-14-8-22-7-9-23-10-11-24-12-13-25-17-27(37-4)19-31(38-5)33(25)34(24)32(23)29(22)18-26/h7-14,17-21,28,30H,6,15-16H2,1-5H3/t21-,28+,30-/m1/s1. The highest BCUT2D eigenvalue weighted by Crippen LogP contribution is 2.42. The molecule has 0 heterocycles. The van der Waals surface area contributed by atoms with Gasteiger partial charge in [0.15, 0.2) is 0 Å². The second-order valence-electron chi connectivity index (χ2n) is 11.5. The summed E-state index contributed by atoms with van der Waals surface area (Å²) in [5, 5.41) is 8.67. The van der Waals surface area contributed by atoms with Crippen LogP contribution in [0.5, 0.6) is 11.5 Å². The smallest absolute Gasteiger partial charge is 0.338 e. The summed E-state index contributed by atoms with van der Waals surface area (Å²) in [7, 11) is 3.36. The molecule has 0 aromatic heterocycles. The van der Waals surface area contributed by atoms with E-state index in [1.807, 2.05) is 30.3 Å². The normalized spacial score (nSPS) is 19.7. The highest BCUT2D eigenvalue weighted by molar-refractivity contribution is 6.29. The number of fused-ring (bicyclic) bond motifs is 7. The van der Waals surface area contributed by atoms with E-state index in [9.17, 15) is 4.79 Å². The third-order valence-corrected chi connectivity index (χ3v) is 8.74. The highest BCUT2D eigenvalue weighted by Gasteiger charge is 2.33. The molecule has 0 radical (unpaired) electrons. The van der Waals surface area contributed by atoms with Crippen molar-refractivity contribution in [1.82, 2.24) is 0 Å². The van der Waals surface area contributed by atoms with E-state index < -0.39 is 0 Å². The van der Waals surface area contributed by atoms with Crippen LogP contribution in [0.1, 0.15) is 50.4 Å². The molecule has 0 amide bonds. The van der Waals surface area contributed by atoms with E-state index in [1.54, 1.807) is 14.2 Å². The van der Waals surface area contributed by atoms with Crippen LogP contribution in [0.2, 0.25) is 0 Å². The lowest BCUT2D eigenvalue weighted by molar-refractivity contribution is -0.0173. The van der Waals surface area contributed by atoms with Crippen molar-refractivity contribution >= 4 is 49.1 Å². The zero-order valence-corrected chi connectivity index (χ0v) is 23.4. The second-order valence-corrected chi connectivity index (χ2v) is 11.5. The van der Waals surface area contributed by atoms with E-state index in [0.717, 1.165) is 67.4 Å². The molecule has 5 aromatic rings. The number of benzene rings is 5. The van der Waals surface area contributed by atoms with Gasteiger partial charge in [0, 0.05) is 16.8 Å². The zero-order chi connectivity index (χ0) is 27.3. The largest absolute Gasteiger partial charge is 0.497 e. The summed E-state index contributed by atoms with van der Waals surface area (Å²) in [6.07, 6.45) is 3.22. The molecule has 5 aromatic carbocycles. The van der Waals surface area contributed by atoms with Crippen LogP contribution in [0, 0.1) is 17.8 Å². The molecule has 6 rings (SSSR count). The fourth-order valence-electron chi connectivity index (χ4n) is 6.62. The third kappa shape index (κ3) is 4.46. The minimum atomic E-state index is -0.230. The molecule has 0 spiro atoms. The van der Waals surface area contributed by atoms with Crippen LogP contribution in [-0.4, -0.2) is 26.3 Å². The van der Waals surface area contributed by atoms with Gasteiger partial charge in [-0.05, 0) is 81.1 Å². The monoisotopic (exact) mass is 520 g/mol. The molecule has 39 heavy (non-hydrogen) atoms. The zero-order valence-electron chi connectivity index (χ0n) is 23.4. The van der Waals surface area contributed by atoms with Crippen molar-refractivity contribution in [3.8, 4) is 11.5 Å². The molecule has 1 aliphatic rings. The molecule has 3 atom stereocenters. The Labute approximate surface area is 229 Å². The summed E-state index contributed by atoms with van der Waals surface area (Å²) in [5.41, 5.74) is 0.599. The number of ether oxygens (including phenoxy) is 3. The molecule has 1 fully saturated rings. The van der Waals surface area contributed by atoms with E-state index in [1.165, 1.54) is 6.42 Å². The summed E-state index contributed by atoms with van der Waals surface area (Å²) >= 11 is 0. The maximum Gasteiger partial charge on any atom is 0.338 e. The lowest BCUT2D eigenvalue weighted by Gasteiger charge is -2.36. The average molecular weight is 521 g/mol. The molecule has 0 bridgehead atoms. The topological polar surface area (TPSA) is 44.8 Å². The third-order valence-electron chi connectivity index (χ3n) is 8.74. The first-order chi connectivity index (χ1) is 18.9. The Morgan fingerprint density at radius 3 is 2.13 bits per heavy atom. The molecule has 1 saturated carbocycles. The minimum absolute atomic E-state index is 0.0338. The van der Waals surface area contributed by atoms with E-state index in [0.29, 0.717) is 23.3 Å². The predicted molar refractivity (Wildman–Crippen MR) is 160 cm³/mol. The lowest BCUT2D eigenvalue weighted by Crippen LogP contribution is -2.35. The van der Waals surface area contributed by atoms with Gasteiger partial charge in [0.25, 0.3) is 0 Å². The number of esters is 1. The first-order valence-electron chi connectivity index (χ1n) is 14.0. The van der Waals surface area contributed by atoms with E-state index >= 15 is 0 Å². The van der Waals surface area contributed by atoms with E-state index in [-0.39, 0.29) is 12.1 Å². The van der Waals surface area contributed by atoms with Gasteiger partial charge in [-0.15, -0.1) is 0 Å². The van der Waals surface area contributed by atoms with Crippen LogP contribution in [-0.2, 0) is 4.74 Å². The van der Waals surface area contributed by atoms with Crippen molar-refractivity contribution in [1.29, 1.82) is 0 Å². The van der Waals surface area contributed by atoms with Gasteiger partial charge < -0.3 is 14.2 Å². The fourth-order valence-corrected chi connectivity index (χ4v) is 6.62. The number of hydrogen-bond acceptors (Lipinski definition) is 4. The van der Waals surface area contributed by atoms with Crippen molar-refractivity contribution < 1.29 is 19.0 Å². The molecular weight excluding hydrogens is 484 g/mol. The van der Waals surface area contributed by atoms with Gasteiger partial charge in [0.1, 0.15) is 17.6 Å². The maximum absolute atomic E-state index is 13.6. The van der Waals surface area contributed by atoms with Gasteiger partial charge in [-0.2, -0.15) is 0 Å². The summed E-state index contributed by atoms with van der Waals surface area (Å²) < 4.78 is 17.6. The average Bonchev–Trinajstić information content (AvgIpc) is 2.95. The van der Waals surface area contributed by atoms with Gasteiger partial charge in [0.2, 0.25) is 0 Å². The highest BCUT2D eigenvalue weighted by atomic mass is 16.5. The van der Waals surface area contributed by atoms with Crippen molar-refractivity contribution in [3.05, 3.63) is 72.3 Å². The predicted octanol–water partition coefficient (Wildman–Crippen LogP) is 8.93. The number of hydrogen-bond donors (Lipinski definition) is 0. The molecule has 0 N–H and O–H groups in total. The summed E-state index contributed by atoms with van der Waals surface area (Å²) in [6, 6.07) is 22.8. The number of rotatable bonds is 5. The Morgan fingerprint density at radius 2 is 1.44 bits per heavy atom. The van der Waals surface area contributed by atoms with E-state index in [2.05, 4.69) is 57.2 Å². The minimum Gasteiger partial charge on any atom is -0.497 e. The molecule has 0 aliphatic heterocycles. The SMILES string of the molecule is COc1cc(OC)c2c(ccc3ccc4ccc5ccc(C(=O)O[C@@H]6C[C@H](C)CC[C@H]6C(C)C)cc5c4c32)c1. The number of carbonyl (C=O) groups is 1. The first-order valence-corrected chi connectivity index (χ1v) is 14.0. The maximum atomic E-state index is 13.6. The quantitative estimate of drug-likeness (QED) is 0.171. The summed E-state index contributed by atoms with van der Waals surface area (Å²) in [4.78, 5) is 13.6. The molecule has 4 nitrogen and oxygen atoms in total. The van der Waals surface area contributed by atoms with Crippen molar-refractivity contribution in [2.45, 2.75) is 46.1 Å². The van der Waals surface area contributed by atoms with Crippen LogP contribution >= 0.6 is 0 Å². The Hall–Kier alpha value is -3.79. The van der Waals surface area contributed by atoms with Gasteiger partial charge in [-0.25, -0.2) is 4.79 Å². The van der Waals surface area contributed by atoms with Crippen molar-refractivity contribution in [2.75, 3.05) is 14.2 Å². The molecule has 4 heteroatoms. The van der Waals surface area contributed by atoms with Crippen LogP contribution < -0.4 is 9.47 Å². The molecule has 1 aliphatic carbocycles. The Kier molecular flexibility index (Phi) is 6.58. The van der Waals surface area contributed by atoms with E-state index in [4.69, 9.17) is 14.2 Å². The van der Waals surface area contributed by atoms with Crippen LogP contribution in [0.4, 0.5) is 0 Å². The Balaban J connectivity index is 1.54. The molecular formula is C35H36O4. The second kappa shape index (κ2) is 10.1. The summed E-state index contributed by atoms with van der Waals surface area (Å²) in [6.45, 7) is 6.74. The molecule has 0 saturated heterocycles. The number of carbonyl (C=O) groups excluding carboxylic acids is 1. The van der Waals surface area contributed by atoms with Crippen LogP contribution in [0.3, 0.4) is 0 Å². The fraction of sp³-hybridized carbons (Fsp3) is 0.343. The lowest BCUT2D eigenvalue weighted by atomic mass is 9.75. The number of methoxy groups -OCH3 is 2. The van der Waals surface area contributed by atoms with Gasteiger partial charge >= 0.3 is 5.97 Å². The Morgan fingerprint density at radius 1 is 0.769 bits per heavy atom.